The van der Waals surface area contributed by atoms with Gasteiger partial charge in [-0.1, -0.05) is 31.2 Å². The van der Waals surface area contributed by atoms with Crippen molar-refractivity contribution in [1.82, 2.24) is 0 Å². The first-order valence-corrected chi connectivity index (χ1v) is 9.54. The highest BCUT2D eigenvalue weighted by Crippen LogP contribution is 2.29. The number of anilines is 1. The number of hydrogen-bond donors (Lipinski definition) is 1. The van der Waals surface area contributed by atoms with Crippen molar-refractivity contribution in [3.8, 4) is 0 Å². The fraction of sp³-hybridized carbons (Fsp3) is 0.304. The molecular formula is C23H23NO5. The lowest BCUT2D eigenvalue weighted by molar-refractivity contribution is -0.154. The number of carbonyl (C=O) groups excluding carboxylic acids is 4. The molecule has 6 heteroatoms. The zero-order valence-electron chi connectivity index (χ0n) is 16.7. The van der Waals surface area contributed by atoms with Gasteiger partial charge in [-0.15, -0.1) is 0 Å². The lowest BCUT2D eigenvalue weighted by atomic mass is 9.84. The minimum absolute atomic E-state index is 0.00166. The Morgan fingerprint density at radius 1 is 0.931 bits per heavy atom. The van der Waals surface area contributed by atoms with Crippen LogP contribution in [-0.2, 0) is 14.3 Å². The third kappa shape index (κ3) is 4.11. The topological polar surface area (TPSA) is 89.5 Å². The first-order valence-electron chi connectivity index (χ1n) is 9.54. The number of carbonyl (C=O) groups is 4. The molecule has 1 N–H and O–H groups in total. The lowest BCUT2D eigenvalue weighted by Gasteiger charge is -2.20. The molecule has 0 saturated carbocycles. The van der Waals surface area contributed by atoms with Gasteiger partial charge in [0.15, 0.2) is 11.6 Å². The highest BCUT2D eigenvalue weighted by Gasteiger charge is 2.30. The summed E-state index contributed by atoms with van der Waals surface area (Å²) in [6.07, 6.45) is 0.640. The molecule has 1 aliphatic rings. The van der Waals surface area contributed by atoms with E-state index in [1.54, 1.807) is 50.2 Å². The molecule has 0 atom stereocenters. The van der Waals surface area contributed by atoms with Crippen LogP contribution in [0.4, 0.5) is 5.69 Å². The van der Waals surface area contributed by atoms with Crippen molar-refractivity contribution < 1.29 is 23.9 Å². The Balaban J connectivity index is 1.66. The van der Waals surface area contributed by atoms with Crippen molar-refractivity contribution in [1.29, 1.82) is 0 Å². The van der Waals surface area contributed by atoms with Crippen molar-refractivity contribution >= 4 is 29.1 Å². The summed E-state index contributed by atoms with van der Waals surface area (Å²) in [7, 11) is 0. The van der Waals surface area contributed by atoms with Crippen LogP contribution in [-0.4, -0.2) is 30.0 Å². The van der Waals surface area contributed by atoms with E-state index in [2.05, 4.69) is 5.32 Å². The minimum atomic E-state index is -0.585. The number of hydrogen-bond acceptors (Lipinski definition) is 5. The van der Waals surface area contributed by atoms with Crippen LogP contribution in [0.25, 0.3) is 0 Å². The quantitative estimate of drug-likeness (QED) is 0.644. The fourth-order valence-electron chi connectivity index (χ4n) is 2.98. The van der Waals surface area contributed by atoms with E-state index >= 15 is 0 Å². The molecule has 0 unspecified atom stereocenters. The second-order valence-electron chi connectivity index (χ2n) is 7.64. The molecule has 6 nitrogen and oxygen atoms in total. The third-order valence-corrected chi connectivity index (χ3v) is 5.21. The van der Waals surface area contributed by atoms with Crippen LogP contribution < -0.4 is 5.32 Å². The molecule has 2 aromatic rings. The van der Waals surface area contributed by atoms with Gasteiger partial charge in [-0.05, 0) is 38.5 Å². The van der Waals surface area contributed by atoms with Gasteiger partial charge in [0.2, 0.25) is 5.91 Å². The molecule has 150 valence electrons. The van der Waals surface area contributed by atoms with E-state index in [1.807, 2.05) is 6.92 Å². The average Bonchev–Trinajstić information content (AvgIpc) is 2.71. The van der Waals surface area contributed by atoms with Crippen molar-refractivity contribution in [2.24, 2.45) is 5.41 Å². The molecule has 0 heterocycles. The van der Waals surface area contributed by atoms with Crippen LogP contribution in [0, 0.1) is 5.41 Å². The van der Waals surface area contributed by atoms with E-state index < -0.39 is 5.41 Å². The van der Waals surface area contributed by atoms with Crippen molar-refractivity contribution in [2.75, 3.05) is 11.9 Å². The number of fused-ring (bicyclic) bond motifs is 2. The number of nitrogens with one attached hydrogen (secondary N) is 1. The Morgan fingerprint density at radius 2 is 1.52 bits per heavy atom. The third-order valence-electron chi connectivity index (χ3n) is 5.21. The fourth-order valence-corrected chi connectivity index (χ4v) is 2.98. The second kappa shape index (κ2) is 7.99. The van der Waals surface area contributed by atoms with Gasteiger partial charge < -0.3 is 10.1 Å². The first kappa shape index (κ1) is 20.5. The molecule has 29 heavy (non-hydrogen) atoms. The summed E-state index contributed by atoms with van der Waals surface area (Å²) in [6.45, 7) is 5.45. The number of rotatable bonds is 6. The van der Waals surface area contributed by atoms with Gasteiger partial charge in [-0.2, -0.15) is 0 Å². The van der Waals surface area contributed by atoms with E-state index in [4.69, 9.17) is 4.74 Å². The summed E-state index contributed by atoms with van der Waals surface area (Å²) >= 11 is 0. The van der Waals surface area contributed by atoms with E-state index in [-0.39, 0.29) is 42.0 Å². The Bertz CT molecular complexity index is 1010. The smallest absolute Gasteiger partial charge is 0.311 e. The molecule has 0 radical (unpaired) electrons. The Kier molecular flexibility index (Phi) is 5.64. The molecule has 0 spiro atoms. The van der Waals surface area contributed by atoms with Gasteiger partial charge in [0.05, 0.1) is 11.8 Å². The van der Waals surface area contributed by atoms with E-state index in [0.29, 0.717) is 28.8 Å². The average molecular weight is 393 g/mol. The molecule has 1 amide bonds. The zero-order valence-corrected chi connectivity index (χ0v) is 16.7. The predicted molar refractivity (Wildman–Crippen MR) is 108 cm³/mol. The monoisotopic (exact) mass is 393 g/mol. The lowest BCUT2D eigenvalue weighted by Crippen LogP contribution is -2.27. The van der Waals surface area contributed by atoms with Crippen LogP contribution in [0.1, 0.15) is 65.5 Å². The second-order valence-corrected chi connectivity index (χ2v) is 7.64. The molecular weight excluding hydrogens is 370 g/mol. The van der Waals surface area contributed by atoms with Crippen molar-refractivity contribution in [3.63, 3.8) is 0 Å². The Hall–Kier alpha value is -3.28. The first-order chi connectivity index (χ1) is 13.7. The largest absolute Gasteiger partial charge is 0.465 e. The number of ketones is 2. The Morgan fingerprint density at radius 3 is 2.14 bits per heavy atom. The predicted octanol–water partition coefficient (Wildman–Crippen LogP) is 3.77. The maximum Gasteiger partial charge on any atom is 0.311 e. The normalized spacial score (nSPS) is 12.8. The van der Waals surface area contributed by atoms with Gasteiger partial charge >= 0.3 is 5.97 Å². The molecule has 0 aliphatic heterocycles. The SMILES string of the molecule is CCC(C)(C)C(=O)OCCC(=O)Nc1ccc2c(c1)C(=O)c1ccccc1C2=O. The molecule has 1 aliphatic carbocycles. The van der Waals surface area contributed by atoms with E-state index in [1.165, 1.54) is 6.07 Å². The molecule has 3 rings (SSSR count). The highest BCUT2D eigenvalue weighted by molar-refractivity contribution is 6.28. The number of benzene rings is 2. The standard InChI is InChI=1S/C23H23NO5/c1-4-23(2,3)22(28)29-12-11-19(25)24-14-9-10-17-18(13-14)21(27)16-8-6-5-7-15(16)20(17)26/h5-10,13H,4,11-12H2,1-3H3,(H,24,25). The van der Waals surface area contributed by atoms with Gasteiger partial charge in [0.25, 0.3) is 0 Å². The maximum absolute atomic E-state index is 12.7. The van der Waals surface area contributed by atoms with Crippen LogP contribution in [0.2, 0.25) is 0 Å². The molecule has 0 saturated heterocycles. The summed E-state index contributed by atoms with van der Waals surface area (Å²) in [4.78, 5) is 49.5. The summed E-state index contributed by atoms with van der Waals surface area (Å²) < 4.78 is 5.17. The summed E-state index contributed by atoms with van der Waals surface area (Å²) in [5, 5.41) is 2.68. The highest BCUT2D eigenvalue weighted by atomic mass is 16.5. The van der Waals surface area contributed by atoms with Gasteiger partial charge in [-0.25, -0.2) is 0 Å². The number of amides is 1. The van der Waals surface area contributed by atoms with E-state index in [0.717, 1.165) is 0 Å². The van der Waals surface area contributed by atoms with Crippen molar-refractivity contribution in [3.05, 3.63) is 64.7 Å². The minimum Gasteiger partial charge on any atom is -0.465 e. The number of esters is 1. The van der Waals surface area contributed by atoms with Crippen LogP contribution in [0.3, 0.4) is 0 Å². The molecule has 0 bridgehead atoms. The van der Waals surface area contributed by atoms with Gasteiger partial charge in [-0.3, -0.25) is 19.2 Å². The number of ether oxygens (including phenoxy) is 1. The molecule has 2 aromatic carbocycles. The maximum atomic E-state index is 12.7. The van der Waals surface area contributed by atoms with Crippen LogP contribution in [0.15, 0.2) is 42.5 Å². The van der Waals surface area contributed by atoms with Gasteiger partial charge in [0.1, 0.15) is 6.61 Å². The summed E-state index contributed by atoms with van der Waals surface area (Å²) in [6, 6.07) is 11.3. The van der Waals surface area contributed by atoms with E-state index in [9.17, 15) is 19.2 Å². The summed E-state index contributed by atoms with van der Waals surface area (Å²) in [5.74, 6) is -1.15. The van der Waals surface area contributed by atoms with Crippen LogP contribution >= 0.6 is 0 Å². The van der Waals surface area contributed by atoms with Crippen molar-refractivity contribution in [2.45, 2.75) is 33.6 Å². The van der Waals surface area contributed by atoms with Gasteiger partial charge in [0, 0.05) is 27.9 Å². The molecule has 0 fully saturated rings. The van der Waals surface area contributed by atoms with Crippen LogP contribution in [0.5, 0.6) is 0 Å². The Labute approximate surface area is 169 Å². The summed E-state index contributed by atoms with van der Waals surface area (Å²) in [5.41, 5.74) is 1.16. The zero-order chi connectivity index (χ0) is 21.2. The molecule has 0 aromatic heterocycles.